The van der Waals surface area contributed by atoms with Crippen LogP contribution in [0.5, 0.6) is 0 Å². The van der Waals surface area contributed by atoms with Crippen molar-refractivity contribution in [3.8, 4) is 0 Å². The number of hydrogen-bond acceptors (Lipinski definition) is 1. The van der Waals surface area contributed by atoms with Gasteiger partial charge in [0.1, 0.15) is 0 Å². The summed E-state index contributed by atoms with van der Waals surface area (Å²) in [6.45, 7) is 7.19. The molecule has 1 unspecified atom stereocenters. The fourth-order valence-electron chi connectivity index (χ4n) is 2.96. The Hall–Kier alpha value is -0.0400. The SMILES string of the molecule is CC1CC(NC2CCCC2(C)C)C1. The van der Waals surface area contributed by atoms with Gasteiger partial charge in [-0.05, 0) is 37.0 Å². The maximum absolute atomic E-state index is 3.84. The maximum Gasteiger partial charge on any atom is 0.0121 e. The molecule has 2 fully saturated rings. The molecule has 0 aromatic carbocycles. The van der Waals surface area contributed by atoms with Gasteiger partial charge in [-0.3, -0.25) is 0 Å². The van der Waals surface area contributed by atoms with Gasteiger partial charge in [-0.15, -0.1) is 0 Å². The third kappa shape index (κ3) is 1.90. The van der Waals surface area contributed by atoms with Crippen LogP contribution >= 0.6 is 0 Å². The predicted octanol–water partition coefficient (Wildman–Crippen LogP) is 2.95. The minimum absolute atomic E-state index is 0.554. The van der Waals surface area contributed by atoms with E-state index in [0.29, 0.717) is 5.41 Å². The lowest BCUT2D eigenvalue weighted by Gasteiger charge is -2.39. The fourth-order valence-corrected chi connectivity index (χ4v) is 2.96. The van der Waals surface area contributed by atoms with E-state index in [1.54, 1.807) is 0 Å². The van der Waals surface area contributed by atoms with Crippen molar-refractivity contribution in [3.05, 3.63) is 0 Å². The molecular formula is C12H23N. The Morgan fingerprint density at radius 3 is 2.38 bits per heavy atom. The Bertz CT molecular complexity index is 180. The summed E-state index contributed by atoms with van der Waals surface area (Å²) < 4.78 is 0. The molecule has 0 heterocycles. The van der Waals surface area contributed by atoms with Crippen molar-refractivity contribution >= 4 is 0 Å². The Morgan fingerprint density at radius 2 is 1.92 bits per heavy atom. The summed E-state index contributed by atoms with van der Waals surface area (Å²) in [4.78, 5) is 0. The van der Waals surface area contributed by atoms with E-state index in [4.69, 9.17) is 0 Å². The molecule has 1 N–H and O–H groups in total. The zero-order valence-electron chi connectivity index (χ0n) is 9.27. The maximum atomic E-state index is 3.84. The van der Waals surface area contributed by atoms with E-state index in [1.807, 2.05) is 0 Å². The molecule has 76 valence electrons. The second-order valence-electron chi connectivity index (χ2n) is 5.87. The van der Waals surface area contributed by atoms with Crippen LogP contribution in [-0.4, -0.2) is 12.1 Å². The molecule has 0 aliphatic heterocycles. The van der Waals surface area contributed by atoms with Crippen molar-refractivity contribution in [3.63, 3.8) is 0 Å². The molecule has 0 aromatic rings. The van der Waals surface area contributed by atoms with Crippen LogP contribution in [0.25, 0.3) is 0 Å². The van der Waals surface area contributed by atoms with E-state index in [9.17, 15) is 0 Å². The smallest absolute Gasteiger partial charge is 0.0121 e. The summed E-state index contributed by atoms with van der Waals surface area (Å²) in [7, 11) is 0. The second-order valence-corrected chi connectivity index (χ2v) is 5.87. The first-order valence-electron chi connectivity index (χ1n) is 5.84. The largest absolute Gasteiger partial charge is 0.311 e. The fraction of sp³-hybridized carbons (Fsp3) is 1.00. The molecule has 13 heavy (non-hydrogen) atoms. The Morgan fingerprint density at radius 1 is 1.23 bits per heavy atom. The molecule has 0 radical (unpaired) electrons. The first-order chi connectivity index (χ1) is 6.08. The topological polar surface area (TPSA) is 12.0 Å². The predicted molar refractivity (Wildman–Crippen MR) is 56.7 cm³/mol. The molecule has 0 spiro atoms. The standard InChI is InChI=1S/C12H23N/c1-9-7-10(8-9)13-11-5-4-6-12(11,2)3/h9-11,13H,4-8H2,1-3H3. The van der Waals surface area contributed by atoms with Crippen LogP contribution in [0.3, 0.4) is 0 Å². The third-order valence-corrected chi connectivity index (χ3v) is 4.07. The minimum Gasteiger partial charge on any atom is -0.311 e. The molecule has 0 amide bonds. The molecule has 2 saturated carbocycles. The van der Waals surface area contributed by atoms with Crippen LogP contribution < -0.4 is 5.32 Å². The Balaban J connectivity index is 1.81. The number of nitrogens with one attached hydrogen (secondary N) is 1. The van der Waals surface area contributed by atoms with Gasteiger partial charge in [-0.1, -0.05) is 27.2 Å². The summed E-state index contributed by atoms with van der Waals surface area (Å²) in [5.41, 5.74) is 0.554. The van der Waals surface area contributed by atoms with E-state index in [-0.39, 0.29) is 0 Å². The van der Waals surface area contributed by atoms with Crippen LogP contribution in [0.1, 0.15) is 52.9 Å². The highest BCUT2D eigenvalue weighted by molar-refractivity contribution is 4.94. The molecule has 2 rings (SSSR count). The van der Waals surface area contributed by atoms with Gasteiger partial charge in [-0.25, -0.2) is 0 Å². The molecule has 0 saturated heterocycles. The quantitative estimate of drug-likeness (QED) is 0.690. The summed E-state index contributed by atoms with van der Waals surface area (Å²) in [6, 6.07) is 1.64. The van der Waals surface area contributed by atoms with Gasteiger partial charge < -0.3 is 5.32 Å². The van der Waals surface area contributed by atoms with Crippen LogP contribution in [0.4, 0.5) is 0 Å². The number of rotatable bonds is 2. The third-order valence-electron chi connectivity index (χ3n) is 4.07. The zero-order chi connectivity index (χ0) is 9.47. The zero-order valence-corrected chi connectivity index (χ0v) is 9.27. The average molecular weight is 181 g/mol. The lowest BCUT2D eigenvalue weighted by Crippen LogP contribution is -2.49. The van der Waals surface area contributed by atoms with Crippen LogP contribution in [0.2, 0.25) is 0 Å². The first kappa shape index (κ1) is 9.51. The summed E-state index contributed by atoms with van der Waals surface area (Å²) in [6.07, 6.45) is 7.05. The highest BCUT2D eigenvalue weighted by atomic mass is 15.0. The van der Waals surface area contributed by atoms with Crippen LogP contribution in [0, 0.1) is 11.3 Å². The molecule has 0 aromatic heterocycles. The van der Waals surface area contributed by atoms with E-state index >= 15 is 0 Å². The molecule has 0 bridgehead atoms. The van der Waals surface area contributed by atoms with Gasteiger partial charge in [0, 0.05) is 12.1 Å². The van der Waals surface area contributed by atoms with Crippen molar-refractivity contribution in [1.82, 2.24) is 5.32 Å². The van der Waals surface area contributed by atoms with Gasteiger partial charge >= 0.3 is 0 Å². The summed E-state index contributed by atoms with van der Waals surface area (Å²) in [5.74, 6) is 0.974. The van der Waals surface area contributed by atoms with Gasteiger partial charge in [0.2, 0.25) is 0 Å². The Kier molecular flexibility index (Phi) is 2.39. The van der Waals surface area contributed by atoms with Crippen molar-refractivity contribution in [2.24, 2.45) is 11.3 Å². The number of hydrogen-bond donors (Lipinski definition) is 1. The molecule has 2 aliphatic rings. The molecule has 1 heteroatoms. The van der Waals surface area contributed by atoms with Crippen molar-refractivity contribution in [1.29, 1.82) is 0 Å². The van der Waals surface area contributed by atoms with Gasteiger partial charge in [-0.2, -0.15) is 0 Å². The van der Waals surface area contributed by atoms with E-state index in [1.165, 1.54) is 32.1 Å². The first-order valence-corrected chi connectivity index (χ1v) is 5.84. The van der Waals surface area contributed by atoms with Gasteiger partial charge in [0.15, 0.2) is 0 Å². The van der Waals surface area contributed by atoms with Crippen molar-refractivity contribution in [2.45, 2.75) is 65.0 Å². The lowest BCUT2D eigenvalue weighted by molar-refractivity contribution is 0.179. The van der Waals surface area contributed by atoms with Gasteiger partial charge in [0.25, 0.3) is 0 Å². The Labute approximate surface area is 82.3 Å². The van der Waals surface area contributed by atoms with E-state index in [0.717, 1.165) is 18.0 Å². The van der Waals surface area contributed by atoms with Crippen molar-refractivity contribution < 1.29 is 0 Å². The molecule has 2 aliphatic carbocycles. The van der Waals surface area contributed by atoms with Crippen LogP contribution in [0.15, 0.2) is 0 Å². The molecular weight excluding hydrogens is 158 g/mol. The molecule has 1 nitrogen and oxygen atoms in total. The highest BCUT2D eigenvalue weighted by Gasteiger charge is 2.37. The summed E-state index contributed by atoms with van der Waals surface area (Å²) in [5, 5.41) is 3.84. The minimum atomic E-state index is 0.554. The van der Waals surface area contributed by atoms with Gasteiger partial charge in [0.05, 0.1) is 0 Å². The van der Waals surface area contributed by atoms with Crippen molar-refractivity contribution in [2.75, 3.05) is 0 Å². The summed E-state index contributed by atoms with van der Waals surface area (Å²) >= 11 is 0. The van der Waals surface area contributed by atoms with E-state index < -0.39 is 0 Å². The van der Waals surface area contributed by atoms with E-state index in [2.05, 4.69) is 26.1 Å². The lowest BCUT2D eigenvalue weighted by atomic mass is 9.79. The normalized spacial score (nSPS) is 43.2. The highest BCUT2D eigenvalue weighted by Crippen LogP contribution is 2.39. The second kappa shape index (κ2) is 3.27. The molecule has 1 atom stereocenters. The average Bonchev–Trinajstić information content (AvgIpc) is 2.28. The van der Waals surface area contributed by atoms with Crippen LogP contribution in [-0.2, 0) is 0 Å². The monoisotopic (exact) mass is 181 g/mol.